The molecule has 0 aromatic heterocycles. The largest absolute Gasteiger partial charge is 0.497 e. The van der Waals surface area contributed by atoms with Crippen LogP contribution in [0.2, 0.25) is 0 Å². The summed E-state index contributed by atoms with van der Waals surface area (Å²) in [6, 6.07) is 16.7. The zero-order chi connectivity index (χ0) is 15.1. The number of para-hydroxylation sites is 1. The fourth-order valence-corrected chi connectivity index (χ4v) is 1.90. The van der Waals surface area contributed by atoms with E-state index in [-0.39, 0.29) is 5.91 Å². The smallest absolute Gasteiger partial charge is 0.253 e. The van der Waals surface area contributed by atoms with Crippen LogP contribution in [-0.4, -0.2) is 38.1 Å². The van der Waals surface area contributed by atoms with Crippen LogP contribution < -0.4 is 9.47 Å². The normalized spacial score (nSPS) is 10.0. The number of ether oxygens (including phenoxy) is 2. The molecule has 0 bridgehead atoms. The van der Waals surface area contributed by atoms with Gasteiger partial charge in [-0.3, -0.25) is 4.79 Å². The molecule has 0 aliphatic carbocycles. The van der Waals surface area contributed by atoms with E-state index in [4.69, 9.17) is 9.47 Å². The van der Waals surface area contributed by atoms with Gasteiger partial charge in [-0.25, -0.2) is 0 Å². The second kappa shape index (κ2) is 7.33. The van der Waals surface area contributed by atoms with Crippen molar-refractivity contribution >= 4 is 5.91 Å². The molecule has 4 nitrogen and oxygen atoms in total. The van der Waals surface area contributed by atoms with Crippen molar-refractivity contribution in [3.05, 3.63) is 60.2 Å². The topological polar surface area (TPSA) is 38.8 Å². The molecule has 4 heteroatoms. The van der Waals surface area contributed by atoms with Gasteiger partial charge in [0.2, 0.25) is 0 Å². The number of rotatable bonds is 6. The Morgan fingerprint density at radius 1 is 1.05 bits per heavy atom. The summed E-state index contributed by atoms with van der Waals surface area (Å²) in [4.78, 5) is 13.9. The molecule has 0 saturated heterocycles. The molecule has 2 rings (SSSR count). The summed E-state index contributed by atoms with van der Waals surface area (Å²) in [5, 5.41) is 0. The van der Waals surface area contributed by atoms with Crippen LogP contribution in [0.15, 0.2) is 54.6 Å². The van der Waals surface area contributed by atoms with Crippen molar-refractivity contribution < 1.29 is 14.3 Å². The SMILES string of the molecule is COc1cccc(C(=O)N(C)CCOc2ccccc2)c1. The molecule has 110 valence electrons. The molecule has 0 heterocycles. The fraction of sp³-hybridized carbons (Fsp3) is 0.235. The van der Waals surface area contributed by atoms with Crippen LogP contribution in [0.5, 0.6) is 11.5 Å². The van der Waals surface area contributed by atoms with Crippen molar-refractivity contribution in [3.63, 3.8) is 0 Å². The molecule has 0 unspecified atom stereocenters. The minimum Gasteiger partial charge on any atom is -0.497 e. The Bertz CT molecular complexity index is 584. The molecule has 2 aromatic rings. The number of carbonyl (C=O) groups excluding carboxylic acids is 1. The minimum absolute atomic E-state index is 0.0504. The van der Waals surface area contributed by atoms with E-state index >= 15 is 0 Å². The summed E-state index contributed by atoms with van der Waals surface area (Å²) in [6.07, 6.45) is 0. The summed E-state index contributed by atoms with van der Waals surface area (Å²) >= 11 is 0. The lowest BCUT2D eigenvalue weighted by atomic mass is 10.2. The van der Waals surface area contributed by atoms with Gasteiger partial charge in [0.1, 0.15) is 18.1 Å². The molecule has 0 N–H and O–H groups in total. The van der Waals surface area contributed by atoms with Gasteiger partial charge in [-0.2, -0.15) is 0 Å². The third-order valence-electron chi connectivity index (χ3n) is 3.10. The highest BCUT2D eigenvalue weighted by atomic mass is 16.5. The van der Waals surface area contributed by atoms with E-state index in [2.05, 4.69) is 0 Å². The lowest BCUT2D eigenvalue weighted by Crippen LogP contribution is -2.30. The number of methoxy groups -OCH3 is 1. The Balaban J connectivity index is 1.87. The zero-order valence-electron chi connectivity index (χ0n) is 12.3. The number of likely N-dealkylation sites (N-methyl/N-ethyl adjacent to an activating group) is 1. The Kier molecular flexibility index (Phi) is 5.21. The standard InChI is InChI=1S/C17H19NO3/c1-18(11-12-21-15-8-4-3-5-9-15)17(19)14-7-6-10-16(13-14)20-2/h3-10,13H,11-12H2,1-2H3. The van der Waals surface area contributed by atoms with Crippen LogP contribution in [-0.2, 0) is 0 Å². The molecule has 1 amide bonds. The molecule has 0 aliphatic heterocycles. The maximum atomic E-state index is 12.3. The molecule has 0 saturated carbocycles. The van der Waals surface area contributed by atoms with Gasteiger partial charge < -0.3 is 14.4 Å². The van der Waals surface area contributed by atoms with E-state index < -0.39 is 0 Å². The van der Waals surface area contributed by atoms with E-state index in [9.17, 15) is 4.79 Å². The first kappa shape index (κ1) is 14.9. The van der Waals surface area contributed by atoms with Crippen LogP contribution in [0.4, 0.5) is 0 Å². The number of benzene rings is 2. The maximum absolute atomic E-state index is 12.3. The predicted molar refractivity (Wildman–Crippen MR) is 81.9 cm³/mol. The van der Waals surface area contributed by atoms with Crippen molar-refractivity contribution in [2.24, 2.45) is 0 Å². The van der Waals surface area contributed by atoms with Gasteiger partial charge in [0, 0.05) is 12.6 Å². The number of amides is 1. The first-order valence-corrected chi connectivity index (χ1v) is 6.78. The first-order valence-electron chi connectivity index (χ1n) is 6.78. The monoisotopic (exact) mass is 285 g/mol. The minimum atomic E-state index is -0.0504. The van der Waals surface area contributed by atoms with E-state index in [0.717, 1.165) is 5.75 Å². The maximum Gasteiger partial charge on any atom is 0.253 e. The fourth-order valence-electron chi connectivity index (χ4n) is 1.90. The van der Waals surface area contributed by atoms with Crippen molar-refractivity contribution in [1.82, 2.24) is 4.90 Å². The van der Waals surface area contributed by atoms with Crippen LogP contribution in [0, 0.1) is 0 Å². The highest BCUT2D eigenvalue weighted by Crippen LogP contribution is 2.14. The summed E-state index contributed by atoms with van der Waals surface area (Å²) in [6.45, 7) is 0.973. The summed E-state index contributed by atoms with van der Waals surface area (Å²) in [5.41, 5.74) is 0.608. The average molecular weight is 285 g/mol. The predicted octanol–water partition coefficient (Wildman–Crippen LogP) is 2.85. The number of hydrogen-bond donors (Lipinski definition) is 0. The zero-order valence-corrected chi connectivity index (χ0v) is 12.3. The van der Waals surface area contributed by atoms with E-state index in [1.807, 2.05) is 36.4 Å². The van der Waals surface area contributed by atoms with E-state index in [1.54, 1.807) is 37.3 Å². The second-order valence-electron chi connectivity index (χ2n) is 4.62. The van der Waals surface area contributed by atoms with Gasteiger partial charge in [-0.15, -0.1) is 0 Å². The van der Waals surface area contributed by atoms with Crippen molar-refractivity contribution in [1.29, 1.82) is 0 Å². The van der Waals surface area contributed by atoms with Gasteiger partial charge >= 0.3 is 0 Å². The molecule has 0 spiro atoms. The summed E-state index contributed by atoms with van der Waals surface area (Å²) < 4.78 is 10.7. The number of carbonyl (C=O) groups is 1. The van der Waals surface area contributed by atoms with Crippen molar-refractivity contribution in [2.45, 2.75) is 0 Å². The third-order valence-corrected chi connectivity index (χ3v) is 3.10. The highest BCUT2D eigenvalue weighted by molar-refractivity contribution is 5.94. The molecule has 2 aromatic carbocycles. The van der Waals surface area contributed by atoms with Crippen LogP contribution in [0.1, 0.15) is 10.4 Å². The van der Waals surface area contributed by atoms with Gasteiger partial charge in [0.25, 0.3) is 5.91 Å². The Morgan fingerprint density at radius 3 is 2.48 bits per heavy atom. The Labute approximate surface area is 124 Å². The van der Waals surface area contributed by atoms with Crippen LogP contribution >= 0.6 is 0 Å². The molecular weight excluding hydrogens is 266 g/mol. The van der Waals surface area contributed by atoms with Gasteiger partial charge in [0.15, 0.2) is 0 Å². The molecule has 21 heavy (non-hydrogen) atoms. The Hall–Kier alpha value is -2.49. The molecular formula is C17H19NO3. The Morgan fingerprint density at radius 2 is 1.76 bits per heavy atom. The number of hydrogen-bond acceptors (Lipinski definition) is 3. The molecule has 0 atom stereocenters. The van der Waals surface area contributed by atoms with Crippen LogP contribution in [0.3, 0.4) is 0 Å². The van der Waals surface area contributed by atoms with E-state index in [0.29, 0.717) is 24.5 Å². The quantitative estimate of drug-likeness (QED) is 0.819. The third kappa shape index (κ3) is 4.24. The van der Waals surface area contributed by atoms with Crippen LogP contribution in [0.25, 0.3) is 0 Å². The second-order valence-corrected chi connectivity index (χ2v) is 4.62. The highest BCUT2D eigenvalue weighted by Gasteiger charge is 2.12. The van der Waals surface area contributed by atoms with Crippen molar-refractivity contribution in [2.75, 3.05) is 27.3 Å². The van der Waals surface area contributed by atoms with Gasteiger partial charge in [0.05, 0.1) is 13.7 Å². The van der Waals surface area contributed by atoms with Gasteiger partial charge in [-0.05, 0) is 30.3 Å². The average Bonchev–Trinajstić information content (AvgIpc) is 2.55. The van der Waals surface area contributed by atoms with Crippen molar-refractivity contribution in [3.8, 4) is 11.5 Å². The molecule has 0 aliphatic rings. The molecule has 0 fully saturated rings. The summed E-state index contributed by atoms with van der Waals surface area (Å²) in [7, 11) is 3.34. The number of nitrogens with zero attached hydrogens (tertiary/aromatic N) is 1. The lowest BCUT2D eigenvalue weighted by molar-refractivity contribution is 0.0773. The lowest BCUT2D eigenvalue weighted by Gasteiger charge is -2.18. The van der Waals surface area contributed by atoms with Gasteiger partial charge in [-0.1, -0.05) is 24.3 Å². The van der Waals surface area contributed by atoms with E-state index in [1.165, 1.54) is 0 Å². The molecule has 0 radical (unpaired) electrons. The summed E-state index contributed by atoms with van der Waals surface area (Å²) in [5.74, 6) is 1.43. The first-order chi connectivity index (χ1) is 10.2.